The number of hydrogen-bond donors (Lipinski definition) is 2. The first-order valence-corrected chi connectivity index (χ1v) is 8.48. The van der Waals surface area contributed by atoms with Crippen molar-refractivity contribution in [3.05, 3.63) is 40.9 Å². The molecule has 0 spiro atoms. The van der Waals surface area contributed by atoms with Gasteiger partial charge in [0.1, 0.15) is 5.01 Å². The summed E-state index contributed by atoms with van der Waals surface area (Å²) in [6.45, 7) is 5.08. The van der Waals surface area contributed by atoms with Crippen molar-refractivity contribution in [1.29, 1.82) is 0 Å². The molecule has 2 aromatic rings. The average Bonchev–Trinajstić information content (AvgIpc) is 3.10. The number of nitrogens with one attached hydrogen (secondary N) is 2. The summed E-state index contributed by atoms with van der Waals surface area (Å²) in [5.41, 5.74) is 2.27. The van der Waals surface area contributed by atoms with E-state index in [1.807, 2.05) is 25.2 Å². The van der Waals surface area contributed by atoms with Gasteiger partial charge in [0.2, 0.25) is 0 Å². The minimum absolute atomic E-state index is 0. The van der Waals surface area contributed by atoms with Gasteiger partial charge in [0.05, 0.1) is 12.2 Å². The molecule has 4 nitrogen and oxygen atoms in total. The maximum Gasteiger partial charge on any atom is 0.191 e. The van der Waals surface area contributed by atoms with Gasteiger partial charge in [-0.3, -0.25) is 4.99 Å². The molecule has 1 aromatic heterocycles. The normalized spacial score (nSPS) is 19.9. The first-order valence-electron chi connectivity index (χ1n) is 7.66. The molecule has 3 rings (SSSR count). The number of benzene rings is 1. The second-order valence-electron chi connectivity index (χ2n) is 5.78. The molecule has 2 N–H and O–H groups in total. The minimum Gasteiger partial charge on any atom is -0.353 e. The zero-order valence-corrected chi connectivity index (χ0v) is 16.8. The number of aryl methyl sites for hydroxylation is 1. The van der Waals surface area contributed by atoms with Gasteiger partial charge in [-0.05, 0) is 19.3 Å². The lowest BCUT2D eigenvalue weighted by Crippen LogP contribution is -2.38. The standard InChI is InChI=1S/C17H22N4S.HI/c1-11-9-14(11)21-17(18-3)19-10-15-12(2)20-16(22-15)13-7-5-4-6-8-13;/h4-8,11,14H,9-10H2,1-3H3,(H2,18,19,21);1H. The molecule has 6 heteroatoms. The third kappa shape index (κ3) is 4.67. The molecule has 0 aliphatic heterocycles. The lowest BCUT2D eigenvalue weighted by Gasteiger charge is -2.10. The lowest BCUT2D eigenvalue weighted by molar-refractivity contribution is 0.765. The Bertz CT molecular complexity index is 668. The van der Waals surface area contributed by atoms with Crippen LogP contribution in [0.5, 0.6) is 0 Å². The van der Waals surface area contributed by atoms with E-state index in [1.165, 1.54) is 16.9 Å². The molecule has 1 heterocycles. The molecule has 2 unspecified atom stereocenters. The Morgan fingerprint density at radius 1 is 1.35 bits per heavy atom. The number of aromatic nitrogens is 1. The Morgan fingerprint density at radius 3 is 2.65 bits per heavy atom. The first kappa shape index (κ1) is 18.2. The van der Waals surface area contributed by atoms with Crippen LogP contribution in [-0.2, 0) is 6.54 Å². The number of thiazole rings is 1. The molecule has 0 saturated heterocycles. The summed E-state index contributed by atoms with van der Waals surface area (Å²) >= 11 is 1.74. The first-order chi connectivity index (χ1) is 10.7. The number of hydrogen-bond acceptors (Lipinski definition) is 3. The number of halogens is 1. The molecule has 1 aliphatic rings. The molecule has 124 valence electrons. The second-order valence-corrected chi connectivity index (χ2v) is 6.87. The third-order valence-electron chi connectivity index (χ3n) is 3.98. The molecule has 1 saturated carbocycles. The van der Waals surface area contributed by atoms with Crippen molar-refractivity contribution in [3.8, 4) is 10.6 Å². The molecule has 1 aromatic carbocycles. The van der Waals surface area contributed by atoms with Crippen LogP contribution in [0.15, 0.2) is 35.3 Å². The van der Waals surface area contributed by atoms with E-state index < -0.39 is 0 Å². The SMILES string of the molecule is CN=C(NCc1sc(-c2ccccc2)nc1C)NC1CC1C.I. The van der Waals surface area contributed by atoms with Gasteiger partial charge in [-0.25, -0.2) is 4.98 Å². The van der Waals surface area contributed by atoms with Gasteiger partial charge in [0.25, 0.3) is 0 Å². The minimum atomic E-state index is 0. The highest BCUT2D eigenvalue weighted by Crippen LogP contribution is 2.29. The fraction of sp³-hybridized carbons (Fsp3) is 0.412. The average molecular weight is 442 g/mol. The quantitative estimate of drug-likeness (QED) is 0.430. The van der Waals surface area contributed by atoms with Crippen molar-refractivity contribution in [2.75, 3.05) is 7.05 Å². The van der Waals surface area contributed by atoms with Gasteiger partial charge in [-0.2, -0.15) is 0 Å². The molecular formula is C17H23IN4S. The maximum absolute atomic E-state index is 4.69. The fourth-order valence-corrected chi connectivity index (χ4v) is 3.36. The molecule has 1 fully saturated rings. The van der Waals surface area contributed by atoms with Crippen LogP contribution in [0.2, 0.25) is 0 Å². The Hall–Kier alpha value is -1.15. The second kappa shape index (κ2) is 8.10. The molecular weight excluding hydrogens is 419 g/mol. The van der Waals surface area contributed by atoms with Crippen molar-refractivity contribution in [2.45, 2.75) is 32.9 Å². The maximum atomic E-state index is 4.69. The molecule has 0 radical (unpaired) electrons. The molecule has 23 heavy (non-hydrogen) atoms. The van der Waals surface area contributed by atoms with Gasteiger partial charge in [0, 0.05) is 23.5 Å². The lowest BCUT2D eigenvalue weighted by atomic mass is 10.2. The highest BCUT2D eigenvalue weighted by Gasteiger charge is 2.33. The van der Waals surface area contributed by atoms with Crippen LogP contribution in [0.25, 0.3) is 10.6 Å². The summed E-state index contributed by atoms with van der Waals surface area (Å²) in [5.74, 6) is 1.64. The van der Waals surface area contributed by atoms with E-state index in [2.05, 4.69) is 46.6 Å². The van der Waals surface area contributed by atoms with E-state index in [0.717, 1.165) is 29.1 Å². The van der Waals surface area contributed by atoms with Crippen molar-refractivity contribution < 1.29 is 0 Å². The van der Waals surface area contributed by atoms with Gasteiger partial charge in [-0.15, -0.1) is 35.3 Å². The topological polar surface area (TPSA) is 49.3 Å². The highest BCUT2D eigenvalue weighted by molar-refractivity contribution is 14.0. The number of rotatable bonds is 4. The predicted octanol–water partition coefficient (Wildman–Crippen LogP) is 3.81. The Kier molecular flexibility index (Phi) is 6.41. The third-order valence-corrected chi connectivity index (χ3v) is 5.19. The summed E-state index contributed by atoms with van der Waals surface area (Å²) in [4.78, 5) is 10.2. The molecule has 1 aliphatic carbocycles. The molecule has 0 bridgehead atoms. The van der Waals surface area contributed by atoms with Crippen molar-refractivity contribution >= 4 is 41.3 Å². The summed E-state index contributed by atoms with van der Waals surface area (Å²) in [6, 6.07) is 10.9. The van der Waals surface area contributed by atoms with Crippen LogP contribution in [-0.4, -0.2) is 24.0 Å². The van der Waals surface area contributed by atoms with Crippen molar-refractivity contribution in [1.82, 2.24) is 15.6 Å². The molecule has 2 atom stereocenters. The van der Waals surface area contributed by atoms with Crippen LogP contribution in [0.4, 0.5) is 0 Å². The fourth-order valence-electron chi connectivity index (χ4n) is 2.35. The Balaban J connectivity index is 0.00000192. The van der Waals surface area contributed by atoms with E-state index in [1.54, 1.807) is 11.3 Å². The van der Waals surface area contributed by atoms with E-state index in [4.69, 9.17) is 0 Å². The summed E-state index contributed by atoms with van der Waals surface area (Å²) < 4.78 is 0. The number of guanidine groups is 1. The zero-order valence-electron chi connectivity index (χ0n) is 13.7. The van der Waals surface area contributed by atoms with Gasteiger partial charge >= 0.3 is 0 Å². The van der Waals surface area contributed by atoms with E-state index in [9.17, 15) is 0 Å². The van der Waals surface area contributed by atoms with Crippen LogP contribution < -0.4 is 10.6 Å². The van der Waals surface area contributed by atoms with Crippen molar-refractivity contribution in [3.63, 3.8) is 0 Å². The van der Waals surface area contributed by atoms with Gasteiger partial charge < -0.3 is 10.6 Å². The molecule has 0 amide bonds. The summed E-state index contributed by atoms with van der Waals surface area (Å²) in [5, 5.41) is 7.91. The monoisotopic (exact) mass is 442 g/mol. The van der Waals surface area contributed by atoms with Crippen LogP contribution >= 0.6 is 35.3 Å². The van der Waals surface area contributed by atoms with Crippen LogP contribution in [0, 0.1) is 12.8 Å². The summed E-state index contributed by atoms with van der Waals surface area (Å²) in [6.07, 6.45) is 1.23. The smallest absolute Gasteiger partial charge is 0.191 e. The Labute approximate surface area is 158 Å². The van der Waals surface area contributed by atoms with Gasteiger partial charge in [-0.1, -0.05) is 37.3 Å². The van der Waals surface area contributed by atoms with E-state index in [-0.39, 0.29) is 24.0 Å². The Morgan fingerprint density at radius 2 is 2.04 bits per heavy atom. The van der Waals surface area contributed by atoms with Crippen molar-refractivity contribution in [2.24, 2.45) is 10.9 Å². The van der Waals surface area contributed by atoms with Crippen LogP contribution in [0.3, 0.4) is 0 Å². The summed E-state index contributed by atoms with van der Waals surface area (Å²) in [7, 11) is 1.82. The predicted molar refractivity (Wildman–Crippen MR) is 109 cm³/mol. The number of aliphatic imine (C=N–C) groups is 1. The van der Waals surface area contributed by atoms with Gasteiger partial charge in [0.15, 0.2) is 5.96 Å². The van der Waals surface area contributed by atoms with Crippen LogP contribution in [0.1, 0.15) is 23.9 Å². The number of nitrogens with zero attached hydrogens (tertiary/aromatic N) is 2. The highest BCUT2D eigenvalue weighted by atomic mass is 127. The van der Waals surface area contributed by atoms with E-state index >= 15 is 0 Å². The largest absolute Gasteiger partial charge is 0.353 e. The van der Waals surface area contributed by atoms with E-state index in [0.29, 0.717) is 6.04 Å². The zero-order chi connectivity index (χ0) is 15.5.